The van der Waals surface area contributed by atoms with Crippen LogP contribution in [0.15, 0.2) is 24.3 Å². The van der Waals surface area contributed by atoms with Crippen LogP contribution in [0.5, 0.6) is 0 Å². The van der Waals surface area contributed by atoms with E-state index in [-0.39, 0.29) is 32.0 Å². The highest BCUT2D eigenvalue weighted by atomic mass is 31.2. The smallest absolute Gasteiger partial charge is 0.462 e. The molecule has 0 bridgehead atoms. The van der Waals surface area contributed by atoms with Gasteiger partial charge >= 0.3 is 19.8 Å². The molecule has 0 fully saturated rings. The fourth-order valence-electron chi connectivity index (χ4n) is 4.56. The van der Waals surface area contributed by atoms with E-state index in [1.165, 1.54) is 44.9 Å². The van der Waals surface area contributed by atoms with E-state index in [1.54, 1.807) is 0 Å². The number of nitrogens with zero attached hydrogens (tertiary/aromatic N) is 1. The number of likely N-dealkylation sites (N-methyl/N-ethyl adjacent to an activating group) is 1. The van der Waals surface area contributed by atoms with Crippen LogP contribution in [0.4, 0.5) is 0 Å². The first kappa shape index (κ1) is 44.5. The molecular weight excluding hydrogens is 605 g/mol. The Kier molecular flexibility index (Phi) is 28.6. The van der Waals surface area contributed by atoms with Crippen LogP contribution in [0.25, 0.3) is 0 Å². The summed E-state index contributed by atoms with van der Waals surface area (Å²) in [5.41, 5.74) is 0. The second kappa shape index (κ2) is 29.6. The Morgan fingerprint density at radius 3 is 1.78 bits per heavy atom. The molecule has 0 spiro atoms. The number of esters is 2. The van der Waals surface area contributed by atoms with Gasteiger partial charge in [-0.3, -0.25) is 18.6 Å². The number of phosphoric ester groups is 1. The SMILES string of the molecule is CCCC/C=C\C/C=C\CCCCCCCC(=O)OC(COC(=O)CCCCCCCCCC)COP(=O)(O)OCC[N+](C)(C)C. The van der Waals surface area contributed by atoms with Crippen molar-refractivity contribution in [3.8, 4) is 0 Å². The van der Waals surface area contributed by atoms with E-state index < -0.39 is 26.5 Å². The third kappa shape index (κ3) is 32.4. The van der Waals surface area contributed by atoms with Gasteiger partial charge in [-0.1, -0.05) is 115 Å². The summed E-state index contributed by atoms with van der Waals surface area (Å²) in [5, 5.41) is 0. The summed E-state index contributed by atoms with van der Waals surface area (Å²) in [6, 6.07) is 0. The summed E-state index contributed by atoms with van der Waals surface area (Å²) >= 11 is 0. The summed E-state index contributed by atoms with van der Waals surface area (Å²) < 4.78 is 34.0. The molecule has 0 aliphatic rings. The van der Waals surface area contributed by atoms with Gasteiger partial charge in [-0.2, -0.15) is 0 Å². The molecule has 1 N–H and O–H groups in total. The lowest BCUT2D eigenvalue weighted by molar-refractivity contribution is -0.870. The quantitative estimate of drug-likeness (QED) is 0.0247. The number of unbranched alkanes of at least 4 members (excludes halogenated alkanes) is 14. The first-order valence-electron chi connectivity index (χ1n) is 18.1. The summed E-state index contributed by atoms with van der Waals surface area (Å²) in [5.74, 6) is -0.821. The van der Waals surface area contributed by atoms with Crippen LogP contribution in [0, 0.1) is 0 Å². The number of carbonyl (C=O) groups excluding carboxylic acids is 2. The number of allylic oxidation sites excluding steroid dienone is 4. The molecule has 0 aromatic rings. The third-order valence-corrected chi connectivity index (χ3v) is 8.47. The first-order valence-corrected chi connectivity index (χ1v) is 19.6. The zero-order valence-electron chi connectivity index (χ0n) is 30.1. The predicted molar refractivity (Wildman–Crippen MR) is 187 cm³/mol. The molecule has 0 aromatic carbocycles. The molecule has 2 atom stereocenters. The zero-order valence-corrected chi connectivity index (χ0v) is 31.0. The lowest BCUT2D eigenvalue weighted by Crippen LogP contribution is -2.37. The Morgan fingerprint density at radius 1 is 0.674 bits per heavy atom. The van der Waals surface area contributed by atoms with Crippen LogP contribution in [0.1, 0.15) is 142 Å². The monoisotopic (exact) mass is 674 g/mol. The van der Waals surface area contributed by atoms with Crippen LogP contribution in [-0.2, 0) is 32.7 Å². The van der Waals surface area contributed by atoms with Gasteiger partial charge in [-0.25, -0.2) is 4.57 Å². The van der Waals surface area contributed by atoms with Gasteiger partial charge in [0.15, 0.2) is 6.10 Å². The lowest BCUT2D eigenvalue weighted by atomic mass is 10.1. The molecular formula is C36H69NO8P+. The molecule has 0 amide bonds. The standard InChI is InChI=1S/C36H68NO8P/c1-6-8-10-12-14-16-17-18-19-20-21-23-25-27-29-36(39)45-34(33-44-46(40,41)43-31-30-37(3,4)5)32-42-35(38)28-26-24-22-15-13-11-9-7-2/h12,14,17-18,34H,6-11,13,15-16,19-33H2,1-5H3/p+1/b14-12-,18-17-. The molecule has 0 radical (unpaired) electrons. The molecule has 0 rings (SSSR count). The Morgan fingerprint density at radius 2 is 1.20 bits per heavy atom. The Labute approximate surface area is 281 Å². The van der Waals surface area contributed by atoms with E-state index >= 15 is 0 Å². The Hall–Kier alpha value is -1.51. The summed E-state index contributed by atoms with van der Waals surface area (Å²) in [6.45, 7) is 4.31. The summed E-state index contributed by atoms with van der Waals surface area (Å²) in [6.07, 6.45) is 28.0. The van der Waals surface area contributed by atoms with Crippen molar-refractivity contribution in [1.82, 2.24) is 0 Å². The molecule has 0 saturated heterocycles. The van der Waals surface area contributed by atoms with Crippen molar-refractivity contribution >= 4 is 19.8 Å². The Bertz CT molecular complexity index is 855. The van der Waals surface area contributed by atoms with Crippen molar-refractivity contribution in [2.75, 3.05) is 47.5 Å². The minimum absolute atomic E-state index is 0.0298. The van der Waals surface area contributed by atoms with E-state index in [9.17, 15) is 19.0 Å². The average molecular weight is 675 g/mol. The van der Waals surface area contributed by atoms with Gasteiger partial charge in [0, 0.05) is 12.8 Å². The minimum Gasteiger partial charge on any atom is -0.462 e. The van der Waals surface area contributed by atoms with E-state index in [2.05, 4.69) is 38.2 Å². The number of carbonyl (C=O) groups is 2. The van der Waals surface area contributed by atoms with Crippen LogP contribution in [-0.4, -0.2) is 74.9 Å². The maximum absolute atomic E-state index is 12.6. The van der Waals surface area contributed by atoms with Crippen molar-refractivity contribution < 1.29 is 42.1 Å². The maximum atomic E-state index is 12.6. The van der Waals surface area contributed by atoms with Crippen molar-refractivity contribution in [1.29, 1.82) is 0 Å². The minimum atomic E-state index is -4.36. The van der Waals surface area contributed by atoms with Crippen LogP contribution >= 0.6 is 7.82 Å². The number of hydrogen-bond acceptors (Lipinski definition) is 7. The van der Waals surface area contributed by atoms with Gasteiger partial charge in [-0.05, 0) is 38.5 Å². The number of hydrogen-bond donors (Lipinski definition) is 1. The third-order valence-electron chi connectivity index (χ3n) is 7.48. The second-order valence-electron chi connectivity index (χ2n) is 13.3. The van der Waals surface area contributed by atoms with E-state index in [0.29, 0.717) is 17.4 Å². The molecule has 46 heavy (non-hydrogen) atoms. The molecule has 10 heteroatoms. The maximum Gasteiger partial charge on any atom is 0.472 e. The second-order valence-corrected chi connectivity index (χ2v) is 14.7. The molecule has 0 heterocycles. The molecule has 0 aromatic heterocycles. The largest absolute Gasteiger partial charge is 0.472 e. The number of ether oxygens (including phenoxy) is 2. The number of quaternary nitrogens is 1. The van der Waals surface area contributed by atoms with Crippen molar-refractivity contribution in [2.45, 2.75) is 148 Å². The first-order chi connectivity index (χ1) is 22.0. The van der Waals surface area contributed by atoms with Crippen molar-refractivity contribution in [2.24, 2.45) is 0 Å². The van der Waals surface area contributed by atoms with Crippen LogP contribution in [0.2, 0.25) is 0 Å². The van der Waals surface area contributed by atoms with Crippen molar-refractivity contribution in [3.63, 3.8) is 0 Å². The van der Waals surface area contributed by atoms with E-state index in [4.69, 9.17) is 18.5 Å². The molecule has 0 saturated carbocycles. The fraction of sp³-hybridized carbons (Fsp3) is 0.833. The van der Waals surface area contributed by atoms with Crippen molar-refractivity contribution in [3.05, 3.63) is 24.3 Å². The van der Waals surface area contributed by atoms with Gasteiger partial charge in [0.2, 0.25) is 0 Å². The van der Waals surface area contributed by atoms with Crippen LogP contribution in [0.3, 0.4) is 0 Å². The highest BCUT2D eigenvalue weighted by Gasteiger charge is 2.27. The normalized spacial score (nSPS) is 14.1. The fourth-order valence-corrected chi connectivity index (χ4v) is 5.30. The summed E-state index contributed by atoms with van der Waals surface area (Å²) in [4.78, 5) is 35.0. The highest BCUT2D eigenvalue weighted by molar-refractivity contribution is 7.47. The van der Waals surface area contributed by atoms with Crippen LogP contribution < -0.4 is 0 Å². The Balaban J connectivity index is 4.48. The molecule has 9 nitrogen and oxygen atoms in total. The predicted octanol–water partition coefficient (Wildman–Crippen LogP) is 9.24. The molecule has 0 aliphatic carbocycles. The molecule has 270 valence electrons. The van der Waals surface area contributed by atoms with Gasteiger partial charge in [-0.15, -0.1) is 0 Å². The molecule has 0 aliphatic heterocycles. The van der Waals surface area contributed by atoms with Gasteiger partial charge in [0.05, 0.1) is 27.7 Å². The van der Waals surface area contributed by atoms with E-state index in [0.717, 1.165) is 64.2 Å². The lowest BCUT2D eigenvalue weighted by Gasteiger charge is -2.24. The average Bonchev–Trinajstić information content (AvgIpc) is 2.99. The van der Waals surface area contributed by atoms with Gasteiger partial charge in [0.25, 0.3) is 0 Å². The highest BCUT2D eigenvalue weighted by Crippen LogP contribution is 2.43. The number of rotatable bonds is 32. The van der Waals surface area contributed by atoms with E-state index in [1.807, 2.05) is 21.1 Å². The zero-order chi connectivity index (χ0) is 34.4. The topological polar surface area (TPSA) is 108 Å². The number of phosphoric acid groups is 1. The van der Waals surface area contributed by atoms with Gasteiger partial charge in [0.1, 0.15) is 19.8 Å². The van der Waals surface area contributed by atoms with Gasteiger partial charge < -0.3 is 18.9 Å². The molecule has 2 unspecified atom stereocenters. The summed E-state index contributed by atoms with van der Waals surface area (Å²) in [7, 11) is 1.46.